The summed E-state index contributed by atoms with van der Waals surface area (Å²) in [5.74, 6) is -0.270. The van der Waals surface area contributed by atoms with Gasteiger partial charge in [-0.1, -0.05) is 26.7 Å². The summed E-state index contributed by atoms with van der Waals surface area (Å²) in [4.78, 5) is 11.5. The number of hydrogen-bond acceptors (Lipinski definition) is 4. The van der Waals surface area contributed by atoms with E-state index in [1.165, 1.54) is 11.3 Å². The van der Waals surface area contributed by atoms with Crippen LogP contribution in [0.2, 0.25) is 0 Å². The minimum Gasteiger partial charge on any atom is -0.477 e. The molecule has 1 aromatic heterocycles. The van der Waals surface area contributed by atoms with Gasteiger partial charge in [0.15, 0.2) is 0 Å². The standard InChI is InChI=1S/C12H18N2O2S/c1-3-7(4-2)8-5-13-9-6-17-11(12(15)16)10(9)14-8/h6-8,13-14H,3-5H2,1-2H3,(H,15,16). The average molecular weight is 254 g/mol. The Morgan fingerprint density at radius 1 is 1.59 bits per heavy atom. The predicted molar refractivity (Wildman–Crippen MR) is 71.3 cm³/mol. The number of fused-ring (bicyclic) bond motifs is 1. The molecule has 3 N–H and O–H groups in total. The van der Waals surface area contributed by atoms with Gasteiger partial charge in [-0.3, -0.25) is 0 Å². The van der Waals surface area contributed by atoms with Gasteiger partial charge in [0.1, 0.15) is 4.88 Å². The number of rotatable bonds is 4. The molecule has 17 heavy (non-hydrogen) atoms. The zero-order valence-electron chi connectivity index (χ0n) is 10.1. The minimum atomic E-state index is -0.851. The Hall–Kier alpha value is -1.23. The van der Waals surface area contributed by atoms with Crippen molar-refractivity contribution in [3.8, 4) is 0 Å². The summed E-state index contributed by atoms with van der Waals surface area (Å²) in [6, 6.07) is 0.324. The first-order valence-electron chi connectivity index (χ1n) is 6.02. The van der Waals surface area contributed by atoms with Crippen molar-refractivity contribution >= 4 is 28.7 Å². The molecule has 4 nitrogen and oxygen atoms in total. The van der Waals surface area contributed by atoms with E-state index in [4.69, 9.17) is 5.11 Å². The van der Waals surface area contributed by atoms with E-state index >= 15 is 0 Å². The second kappa shape index (κ2) is 4.96. The number of anilines is 2. The lowest BCUT2D eigenvalue weighted by atomic mass is 9.92. The molecular formula is C12H18N2O2S. The Bertz CT molecular complexity index is 413. The summed E-state index contributed by atoms with van der Waals surface area (Å²) in [7, 11) is 0. The number of thiophene rings is 1. The normalized spacial score (nSPS) is 18.4. The lowest BCUT2D eigenvalue weighted by molar-refractivity contribution is 0.0703. The van der Waals surface area contributed by atoms with E-state index in [1.54, 1.807) is 0 Å². The molecule has 1 aliphatic heterocycles. The first-order valence-corrected chi connectivity index (χ1v) is 6.90. The van der Waals surface area contributed by atoms with E-state index in [0.29, 0.717) is 16.8 Å². The summed E-state index contributed by atoms with van der Waals surface area (Å²) >= 11 is 1.28. The van der Waals surface area contributed by atoms with E-state index < -0.39 is 5.97 Å². The second-order valence-corrected chi connectivity index (χ2v) is 5.25. The molecule has 0 aliphatic carbocycles. The fourth-order valence-electron chi connectivity index (χ4n) is 2.39. The van der Waals surface area contributed by atoms with E-state index in [1.807, 2.05) is 5.38 Å². The molecule has 0 aromatic carbocycles. The smallest absolute Gasteiger partial charge is 0.348 e. The second-order valence-electron chi connectivity index (χ2n) is 4.37. The lowest BCUT2D eigenvalue weighted by Crippen LogP contribution is -2.38. The third-order valence-corrected chi connectivity index (χ3v) is 4.41. The Labute approximate surface area is 105 Å². The van der Waals surface area contributed by atoms with Gasteiger partial charge >= 0.3 is 5.97 Å². The Morgan fingerprint density at radius 3 is 2.88 bits per heavy atom. The fraction of sp³-hybridized carbons (Fsp3) is 0.583. The molecule has 94 valence electrons. The third-order valence-electron chi connectivity index (χ3n) is 3.45. The van der Waals surface area contributed by atoms with Crippen LogP contribution in [0, 0.1) is 5.92 Å². The number of carboxylic acids is 1. The van der Waals surface area contributed by atoms with Gasteiger partial charge in [-0.25, -0.2) is 4.79 Å². The van der Waals surface area contributed by atoms with Crippen LogP contribution < -0.4 is 10.6 Å². The molecule has 1 unspecified atom stereocenters. The summed E-state index contributed by atoms with van der Waals surface area (Å²) < 4.78 is 0. The number of carboxylic acid groups (broad SMARTS) is 1. The molecule has 0 amide bonds. The highest BCUT2D eigenvalue weighted by Crippen LogP contribution is 2.37. The van der Waals surface area contributed by atoms with Crippen LogP contribution >= 0.6 is 11.3 Å². The van der Waals surface area contributed by atoms with Crippen molar-refractivity contribution in [1.82, 2.24) is 0 Å². The molecule has 0 saturated heterocycles. The van der Waals surface area contributed by atoms with Crippen LogP contribution in [0.4, 0.5) is 11.4 Å². The molecule has 1 atom stereocenters. The Balaban J connectivity index is 2.22. The van der Waals surface area contributed by atoms with Crippen LogP contribution in [-0.2, 0) is 0 Å². The summed E-state index contributed by atoms with van der Waals surface area (Å²) in [5, 5.41) is 17.7. The van der Waals surface area contributed by atoms with E-state index in [-0.39, 0.29) is 0 Å². The molecule has 2 rings (SSSR count). The molecule has 2 heterocycles. The maximum atomic E-state index is 11.1. The van der Waals surface area contributed by atoms with Gasteiger partial charge in [0, 0.05) is 18.0 Å². The van der Waals surface area contributed by atoms with Crippen LogP contribution in [0.3, 0.4) is 0 Å². The van der Waals surface area contributed by atoms with Gasteiger partial charge in [-0.15, -0.1) is 11.3 Å². The van der Waals surface area contributed by atoms with Crippen LogP contribution in [0.5, 0.6) is 0 Å². The van der Waals surface area contributed by atoms with Gasteiger partial charge in [0.2, 0.25) is 0 Å². The van der Waals surface area contributed by atoms with Crippen molar-refractivity contribution in [2.24, 2.45) is 5.92 Å². The van der Waals surface area contributed by atoms with Gasteiger partial charge in [0.25, 0.3) is 0 Å². The minimum absolute atomic E-state index is 0.324. The van der Waals surface area contributed by atoms with Crippen molar-refractivity contribution in [3.05, 3.63) is 10.3 Å². The van der Waals surface area contributed by atoms with Crippen molar-refractivity contribution in [3.63, 3.8) is 0 Å². The SMILES string of the molecule is CCC(CC)C1CNc2csc(C(=O)O)c2N1. The molecule has 0 spiro atoms. The number of aromatic carboxylic acids is 1. The van der Waals surface area contributed by atoms with Crippen molar-refractivity contribution in [2.75, 3.05) is 17.2 Å². The number of hydrogen-bond donors (Lipinski definition) is 3. The zero-order valence-corrected chi connectivity index (χ0v) is 10.9. The third kappa shape index (κ3) is 2.24. The molecule has 1 aliphatic rings. The molecule has 0 bridgehead atoms. The Kier molecular flexibility index (Phi) is 3.57. The largest absolute Gasteiger partial charge is 0.477 e. The highest BCUT2D eigenvalue weighted by molar-refractivity contribution is 7.13. The molecule has 0 saturated carbocycles. The summed E-state index contributed by atoms with van der Waals surface area (Å²) in [6.07, 6.45) is 2.22. The Morgan fingerprint density at radius 2 is 2.29 bits per heavy atom. The molecule has 1 aromatic rings. The molecule has 0 radical (unpaired) electrons. The first kappa shape index (κ1) is 12.2. The zero-order chi connectivity index (χ0) is 12.4. The van der Waals surface area contributed by atoms with Crippen molar-refractivity contribution < 1.29 is 9.90 Å². The van der Waals surface area contributed by atoms with Gasteiger partial charge in [-0.05, 0) is 5.92 Å². The van der Waals surface area contributed by atoms with Gasteiger partial charge < -0.3 is 15.7 Å². The highest BCUT2D eigenvalue weighted by atomic mass is 32.1. The highest BCUT2D eigenvalue weighted by Gasteiger charge is 2.27. The van der Waals surface area contributed by atoms with Crippen LogP contribution in [-0.4, -0.2) is 23.7 Å². The molecule has 5 heteroatoms. The van der Waals surface area contributed by atoms with E-state index in [2.05, 4.69) is 24.5 Å². The fourth-order valence-corrected chi connectivity index (χ4v) is 3.21. The molecule has 0 fully saturated rings. The van der Waals surface area contributed by atoms with Crippen molar-refractivity contribution in [1.29, 1.82) is 0 Å². The van der Waals surface area contributed by atoms with Crippen LogP contribution in [0.1, 0.15) is 36.4 Å². The number of carbonyl (C=O) groups is 1. The maximum Gasteiger partial charge on any atom is 0.348 e. The average Bonchev–Trinajstić information content (AvgIpc) is 2.73. The van der Waals surface area contributed by atoms with E-state index in [0.717, 1.165) is 30.8 Å². The first-order chi connectivity index (χ1) is 8.17. The topological polar surface area (TPSA) is 61.4 Å². The monoisotopic (exact) mass is 254 g/mol. The predicted octanol–water partition coefficient (Wildman–Crippen LogP) is 3.09. The molecular weight excluding hydrogens is 236 g/mol. The van der Waals surface area contributed by atoms with Gasteiger partial charge in [-0.2, -0.15) is 0 Å². The number of nitrogens with one attached hydrogen (secondary N) is 2. The van der Waals surface area contributed by atoms with Gasteiger partial charge in [0.05, 0.1) is 11.4 Å². The van der Waals surface area contributed by atoms with Crippen molar-refractivity contribution in [2.45, 2.75) is 32.7 Å². The lowest BCUT2D eigenvalue weighted by Gasteiger charge is -2.32. The quantitative estimate of drug-likeness (QED) is 0.772. The van der Waals surface area contributed by atoms with E-state index in [9.17, 15) is 4.79 Å². The maximum absolute atomic E-state index is 11.1. The van der Waals surface area contributed by atoms with Crippen LogP contribution in [0.25, 0.3) is 0 Å². The summed E-state index contributed by atoms with van der Waals surface area (Å²) in [5.41, 5.74) is 1.69. The summed E-state index contributed by atoms with van der Waals surface area (Å²) in [6.45, 7) is 5.23. The van der Waals surface area contributed by atoms with Crippen LogP contribution in [0.15, 0.2) is 5.38 Å².